The van der Waals surface area contributed by atoms with Gasteiger partial charge in [0.05, 0.1) is 11.6 Å². The number of hydrogen-bond acceptors (Lipinski definition) is 4. The summed E-state index contributed by atoms with van der Waals surface area (Å²) in [6.45, 7) is 0. The number of anilines is 1. The van der Waals surface area contributed by atoms with E-state index in [2.05, 4.69) is 20.6 Å². The van der Waals surface area contributed by atoms with E-state index in [1.54, 1.807) is 6.33 Å². The van der Waals surface area contributed by atoms with Gasteiger partial charge in [-0.2, -0.15) is 0 Å². The first-order valence-corrected chi connectivity index (χ1v) is 7.57. The highest BCUT2D eigenvalue weighted by Crippen LogP contribution is 2.37. The summed E-state index contributed by atoms with van der Waals surface area (Å²) in [6.07, 6.45) is 5.48. The maximum absolute atomic E-state index is 11.7. The van der Waals surface area contributed by atoms with E-state index in [1.165, 1.54) is 12.8 Å². The summed E-state index contributed by atoms with van der Waals surface area (Å²) in [5, 5.41) is 7.74. The lowest BCUT2D eigenvalue weighted by atomic mass is 9.94. The summed E-state index contributed by atoms with van der Waals surface area (Å²) in [5.41, 5.74) is 0.942. The van der Waals surface area contributed by atoms with Crippen LogP contribution in [0.5, 0.6) is 0 Å². The van der Waals surface area contributed by atoms with Crippen molar-refractivity contribution in [1.82, 2.24) is 15.3 Å². The van der Waals surface area contributed by atoms with Crippen molar-refractivity contribution in [3.05, 3.63) is 30.6 Å². The van der Waals surface area contributed by atoms with Crippen LogP contribution >= 0.6 is 0 Å². The smallest absolute Gasteiger partial charge is 0.220 e. The van der Waals surface area contributed by atoms with Crippen LogP contribution in [0.3, 0.4) is 0 Å². The zero-order chi connectivity index (χ0) is 14.2. The average Bonchev–Trinajstić information content (AvgIpc) is 3.34. The normalized spacial score (nSPS) is 25.6. The molecule has 108 valence electrons. The van der Waals surface area contributed by atoms with Crippen LogP contribution in [0.4, 0.5) is 5.82 Å². The lowest BCUT2D eigenvalue weighted by Crippen LogP contribution is -2.52. The molecular weight excluding hydrogens is 264 g/mol. The third-order valence-electron chi connectivity index (χ3n) is 4.44. The quantitative estimate of drug-likeness (QED) is 0.904. The predicted molar refractivity (Wildman–Crippen MR) is 80.8 cm³/mol. The molecule has 21 heavy (non-hydrogen) atoms. The topological polar surface area (TPSA) is 66.9 Å². The Bertz CT molecular complexity index is 678. The number of para-hydroxylation sites is 1. The number of rotatable bonds is 3. The Balaban J connectivity index is 1.62. The molecular formula is C16H18N4O. The van der Waals surface area contributed by atoms with E-state index in [9.17, 15) is 4.79 Å². The van der Waals surface area contributed by atoms with E-state index in [-0.39, 0.29) is 18.0 Å². The van der Waals surface area contributed by atoms with Crippen molar-refractivity contribution < 1.29 is 4.79 Å². The number of hydrogen-bond donors (Lipinski definition) is 2. The molecule has 1 saturated heterocycles. The van der Waals surface area contributed by atoms with Crippen LogP contribution in [0, 0.1) is 5.92 Å². The Labute approximate surface area is 123 Å². The maximum atomic E-state index is 11.7. The molecule has 1 aromatic carbocycles. The fourth-order valence-corrected chi connectivity index (χ4v) is 3.18. The molecule has 2 N–H and O–H groups in total. The summed E-state index contributed by atoms with van der Waals surface area (Å²) >= 11 is 0. The maximum Gasteiger partial charge on any atom is 0.220 e. The second-order valence-electron chi connectivity index (χ2n) is 5.96. The number of carbonyl (C=O) groups is 1. The molecule has 2 aromatic rings. The summed E-state index contributed by atoms with van der Waals surface area (Å²) in [4.78, 5) is 20.3. The van der Waals surface area contributed by atoms with Crippen LogP contribution in [-0.2, 0) is 4.79 Å². The molecule has 2 fully saturated rings. The highest BCUT2D eigenvalue weighted by molar-refractivity contribution is 5.89. The number of carbonyl (C=O) groups excluding carboxylic acids is 1. The summed E-state index contributed by atoms with van der Waals surface area (Å²) < 4.78 is 0. The van der Waals surface area contributed by atoms with Gasteiger partial charge in [-0.1, -0.05) is 12.1 Å². The predicted octanol–water partition coefficient (Wildman–Crippen LogP) is 2.10. The Morgan fingerprint density at radius 2 is 2.00 bits per heavy atom. The molecule has 5 nitrogen and oxygen atoms in total. The van der Waals surface area contributed by atoms with Crippen molar-refractivity contribution in [3.63, 3.8) is 0 Å². The highest BCUT2D eigenvalue weighted by atomic mass is 16.1. The van der Waals surface area contributed by atoms with Gasteiger partial charge in [0, 0.05) is 17.8 Å². The van der Waals surface area contributed by atoms with Gasteiger partial charge in [-0.05, 0) is 37.3 Å². The summed E-state index contributed by atoms with van der Waals surface area (Å²) in [5.74, 6) is 1.67. The van der Waals surface area contributed by atoms with E-state index < -0.39 is 0 Å². The lowest BCUT2D eigenvalue weighted by Gasteiger charge is -2.33. The van der Waals surface area contributed by atoms with Gasteiger partial charge in [0.1, 0.15) is 12.1 Å². The number of fused-ring (bicyclic) bond motifs is 1. The molecule has 5 heteroatoms. The minimum atomic E-state index is 0.178. The monoisotopic (exact) mass is 282 g/mol. The molecule has 2 atom stereocenters. The van der Waals surface area contributed by atoms with Crippen LogP contribution in [0.1, 0.15) is 25.7 Å². The third kappa shape index (κ3) is 2.44. The van der Waals surface area contributed by atoms with E-state index in [0.717, 1.165) is 23.1 Å². The number of aromatic nitrogens is 2. The van der Waals surface area contributed by atoms with Crippen molar-refractivity contribution in [2.75, 3.05) is 5.32 Å². The highest BCUT2D eigenvalue weighted by Gasteiger charge is 2.40. The van der Waals surface area contributed by atoms with Crippen LogP contribution in [0.25, 0.3) is 10.9 Å². The van der Waals surface area contributed by atoms with Crippen molar-refractivity contribution in [1.29, 1.82) is 0 Å². The second-order valence-corrected chi connectivity index (χ2v) is 5.96. The zero-order valence-corrected chi connectivity index (χ0v) is 11.7. The SMILES string of the molecule is O=C1CC[C@H](Nc2ncnc3ccccc23)[C@H](C2CC2)N1. The van der Waals surface area contributed by atoms with E-state index >= 15 is 0 Å². The molecule has 1 aromatic heterocycles. The average molecular weight is 282 g/mol. The lowest BCUT2D eigenvalue weighted by molar-refractivity contribution is -0.123. The zero-order valence-electron chi connectivity index (χ0n) is 11.7. The van der Waals surface area contributed by atoms with E-state index in [0.29, 0.717) is 12.3 Å². The minimum absolute atomic E-state index is 0.178. The van der Waals surface area contributed by atoms with Crippen molar-refractivity contribution in [3.8, 4) is 0 Å². The molecule has 0 bridgehead atoms. The first-order chi connectivity index (χ1) is 10.3. The molecule has 1 saturated carbocycles. The number of amides is 1. The van der Waals surface area contributed by atoms with Crippen molar-refractivity contribution in [2.24, 2.45) is 5.92 Å². The van der Waals surface area contributed by atoms with Gasteiger partial charge in [0.15, 0.2) is 0 Å². The Morgan fingerprint density at radius 1 is 1.14 bits per heavy atom. The Hall–Kier alpha value is -2.17. The standard InChI is InChI=1S/C16H18N4O/c21-14-8-7-13(15(20-14)10-5-6-10)19-16-11-3-1-2-4-12(11)17-9-18-16/h1-4,9-10,13,15H,5-8H2,(H,20,21)(H,17,18,19)/t13-,15-/m0/s1. The molecule has 0 spiro atoms. The first kappa shape index (κ1) is 12.6. The molecule has 4 rings (SSSR count). The number of nitrogens with zero attached hydrogens (tertiary/aromatic N) is 2. The van der Waals surface area contributed by atoms with Crippen LogP contribution < -0.4 is 10.6 Å². The molecule has 1 aliphatic heterocycles. The van der Waals surface area contributed by atoms with Crippen LogP contribution in [0.2, 0.25) is 0 Å². The van der Waals surface area contributed by atoms with Crippen molar-refractivity contribution >= 4 is 22.6 Å². The Kier molecular flexibility index (Phi) is 2.98. The second kappa shape index (κ2) is 4.98. The van der Waals surface area contributed by atoms with E-state index in [4.69, 9.17) is 0 Å². The number of piperidine rings is 1. The van der Waals surface area contributed by atoms with Crippen LogP contribution in [0.15, 0.2) is 30.6 Å². The minimum Gasteiger partial charge on any atom is -0.365 e. The van der Waals surface area contributed by atoms with Gasteiger partial charge < -0.3 is 10.6 Å². The summed E-state index contributed by atoms with van der Waals surface area (Å²) in [6, 6.07) is 8.49. The van der Waals surface area contributed by atoms with E-state index in [1.807, 2.05) is 24.3 Å². The number of nitrogens with one attached hydrogen (secondary N) is 2. The molecule has 1 amide bonds. The molecule has 0 radical (unpaired) electrons. The van der Waals surface area contributed by atoms with Crippen molar-refractivity contribution in [2.45, 2.75) is 37.8 Å². The molecule has 2 heterocycles. The van der Waals surface area contributed by atoms with Gasteiger partial charge in [-0.25, -0.2) is 9.97 Å². The third-order valence-corrected chi connectivity index (χ3v) is 4.44. The largest absolute Gasteiger partial charge is 0.365 e. The molecule has 0 unspecified atom stereocenters. The fraction of sp³-hybridized carbons (Fsp3) is 0.438. The molecule has 1 aliphatic carbocycles. The van der Waals surface area contributed by atoms with Gasteiger partial charge in [0.2, 0.25) is 5.91 Å². The first-order valence-electron chi connectivity index (χ1n) is 7.57. The number of benzene rings is 1. The van der Waals surface area contributed by atoms with Crippen LogP contribution in [-0.4, -0.2) is 28.0 Å². The fourth-order valence-electron chi connectivity index (χ4n) is 3.18. The molecule has 2 aliphatic rings. The Morgan fingerprint density at radius 3 is 2.86 bits per heavy atom. The van der Waals surface area contributed by atoms with Gasteiger partial charge in [0.25, 0.3) is 0 Å². The summed E-state index contributed by atoms with van der Waals surface area (Å²) in [7, 11) is 0. The van der Waals surface area contributed by atoms with Gasteiger partial charge in [-0.3, -0.25) is 4.79 Å². The van der Waals surface area contributed by atoms with Gasteiger partial charge >= 0.3 is 0 Å². The van der Waals surface area contributed by atoms with Gasteiger partial charge in [-0.15, -0.1) is 0 Å².